The van der Waals surface area contributed by atoms with E-state index in [9.17, 15) is 24.6 Å². The number of carbonyl (C=O) groups excluding carboxylic acids is 2. The first-order chi connectivity index (χ1) is 20.0. The first-order valence-electron chi connectivity index (χ1n) is 15.1. The fourth-order valence-corrected chi connectivity index (χ4v) is 10.0. The van der Waals surface area contributed by atoms with Gasteiger partial charge in [0.25, 0.3) is 0 Å². The van der Waals surface area contributed by atoms with Gasteiger partial charge >= 0.3 is 11.9 Å². The maximum absolute atomic E-state index is 13.7. The van der Waals surface area contributed by atoms with Gasteiger partial charge in [0.05, 0.1) is 24.4 Å². The standard InChI is InChI=1S/C32H42O10/c1-16(2)22-11-19-12-30(14-33)21-9-8-17(3)20(21)13-31(19,32(22,30)29(36)37)15-40-28-24(34)26(25(38-5)18(4)41-28)42-27(35)23-7-6-10-39-23/h6-7,10-11,14,16-21,24-26,28,34H,8-9,12-13,15H2,1-5H3,(H,36,37)/t17-,18-,19?,20-,21-,24+,25-,26+,28-,30?,31?,32?/m1/s1. The molecule has 0 radical (unpaired) electrons. The van der Waals surface area contributed by atoms with Crippen molar-refractivity contribution in [2.24, 2.45) is 45.8 Å². The first-order valence-corrected chi connectivity index (χ1v) is 15.1. The Morgan fingerprint density at radius 2 is 1.95 bits per heavy atom. The predicted molar refractivity (Wildman–Crippen MR) is 147 cm³/mol. The third-order valence-corrected chi connectivity index (χ3v) is 11.6. The van der Waals surface area contributed by atoms with E-state index in [0.29, 0.717) is 18.8 Å². The minimum atomic E-state index is -1.42. The third kappa shape index (κ3) is 3.67. The molecule has 6 rings (SSSR count). The van der Waals surface area contributed by atoms with Crippen molar-refractivity contribution >= 4 is 18.2 Å². The van der Waals surface area contributed by atoms with Crippen LogP contribution in [0.2, 0.25) is 0 Å². The number of furan rings is 1. The maximum atomic E-state index is 13.7. The first kappa shape index (κ1) is 29.5. The molecule has 42 heavy (non-hydrogen) atoms. The molecule has 10 heteroatoms. The number of aldehydes is 1. The molecule has 230 valence electrons. The second-order valence-electron chi connectivity index (χ2n) is 13.5. The largest absolute Gasteiger partial charge is 0.481 e. The van der Waals surface area contributed by atoms with Gasteiger partial charge in [0.1, 0.15) is 23.9 Å². The number of hydrogen-bond acceptors (Lipinski definition) is 9. The number of aliphatic carboxylic acids is 1. The van der Waals surface area contributed by atoms with E-state index >= 15 is 0 Å². The summed E-state index contributed by atoms with van der Waals surface area (Å²) >= 11 is 0. The number of esters is 1. The van der Waals surface area contributed by atoms with Crippen molar-refractivity contribution in [1.29, 1.82) is 0 Å². The zero-order valence-corrected chi connectivity index (χ0v) is 24.9. The van der Waals surface area contributed by atoms with E-state index in [-0.39, 0.29) is 36.0 Å². The molecule has 4 fully saturated rings. The second kappa shape index (κ2) is 10.3. The molecule has 1 aromatic rings. The summed E-state index contributed by atoms with van der Waals surface area (Å²) in [6.45, 7) is 7.91. The Morgan fingerprint density at radius 1 is 1.19 bits per heavy atom. The van der Waals surface area contributed by atoms with Gasteiger partial charge in [0.2, 0.25) is 5.76 Å². The lowest BCUT2D eigenvalue weighted by Gasteiger charge is -2.58. The number of aliphatic hydroxyl groups is 1. The van der Waals surface area contributed by atoms with Crippen molar-refractivity contribution in [2.45, 2.75) is 84.1 Å². The number of hydrogen-bond donors (Lipinski definition) is 2. The number of carbonyl (C=O) groups is 3. The molecule has 1 aromatic heterocycles. The van der Waals surface area contributed by atoms with Gasteiger partial charge in [-0.1, -0.05) is 38.8 Å². The molecule has 1 aliphatic heterocycles. The van der Waals surface area contributed by atoms with Crippen LogP contribution in [0.25, 0.3) is 0 Å². The highest BCUT2D eigenvalue weighted by molar-refractivity contribution is 5.90. The average Bonchev–Trinajstić information content (AvgIpc) is 3.71. The average molecular weight is 587 g/mol. The number of fused-ring (bicyclic) bond motifs is 2. The fraction of sp³-hybridized carbons (Fsp3) is 0.719. The lowest BCUT2D eigenvalue weighted by Crippen LogP contribution is -2.64. The number of rotatable bonds is 9. The van der Waals surface area contributed by atoms with E-state index in [1.165, 1.54) is 19.4 Å². The van der Waals surface area contributed by atoms with E-state index in [2.05, 4.69) is 13.0 Å². The van der Waals surface area contributed by atoms with Crippen molar-refractivity contribution in [3.8, 4) is 0 Å². The van der Waals surface area contributed by atoms with Crippen LogP contribution in [0.4, 0.5) is 0 Å². The molecule has 0 aromatic carbocycles. The molecule has 4 bridgehead atoms. The molecule has 1 saturated heterocycles. The van der Waals surface area contributed by atoms with E-state index in [1.807, 2.05) is 13.8 Å². The Balaban J connectivity index is 1.34. The highest BCUT2D eigenvalue weighted by Gasteiger charge is 2.84. The number of carboxylic acids is 1. The summed E-state index contributed by atoms with van der Waals surface area (Å²) in [6.07, 6.45) is 2.18. The molecule has 4 aliphatic carbocycles. The SMILES string of the molecule is CO[C@H]1[C@@H](OC(=O)c2ccco2)[C@H](O)[C@H](OCC23C[C@@H]4[C@H](C)CC[C@H]4C4(C=O)CC2C=C(C(C)C)C34C(=O)O)O[C@@H]1C. The van der Waals surface area contributed by atoms with Gasteiger partial charge < -0.3 is 38.4 Å². The summed E-state index contributed by atoms with van der Waals surface area (Å²) in [5.74, 6) is -1.40. The Morgan fingerprint density at radius 3 is 2.57 bits per heavy atom. The van der Waals surface area contributed by atoms with E-state index in [4.69, 9.17) is 23.4 Å². The van der Waals surface area contributed by atoms with Gasteiger partial charge in [-0.25, -0.2) is 4.79 Å². The Labute approximate surface area is 245 Å². The molecule has 0 spiro atoms. The van der Waals surface area contributed by atoms with Crippen LogP contribution < -0.4 is 0 Å². The minimum Gasteiger partial charge on any atom is -0.481 e. The highest BCUT2D eigenvalue weighted by atomic mass is 16.7. The van der Waals surface area contributed by atoms with Crippen molar-refractivity contribution in [3.63, 3.8) is 0 Å². The lowest BCUT2D eigenvalue weighted by atomic mass is 9.43. The van der Waals surface area contributed by atoms with Crippen LogP contribution in [0, 0.1) is 45.8 Å². The van der Waals surface area contributed by atoms with Gasteiger partial charge in [0, 0.05) is 12.5 Å². The number of ether oxygens (including phenoxy) is 4. The normalized spacial score (nSPS) is 45.5. The Bertz CT molecular complexity index is 1260. The molecule has 4 unspecified atom stereocenters. The number of aliphatic hydroxyl groups excluding tert-OH is 1. The summed E-state index contributed by atoms with van der Waals surface area (Å²) < 4.78 is 28.8. The molecule has 10 nitrogen and oxygen atoms in total. The van der Waals surface area contributed by atoms with E-state index in [0.717, 1.165) is 24.7 Å². The molecule has 2 N–H and O–H groups in total. The van der Waals surface area contributed by atoms with Crippen molar-refractivity contribution < 1.29 is 48.0 Å². The summed E-state index contributed by atoms with van der Waals surface area (Å²) in [6, 6.07) is 3.03. The molecule has 2 heterocycles. The van der Waals surface area contributed by atoms with Crippen LogP contribution in [0.3, 0.4) is 0 Å². The van der Waals surface area contributed by atoms with Gasteiger partial charge in [-0.15, -0.1) is 0 Å². The van der Waals surface area contributed by atoms with Gasteiger partial charge in [0.15, 0.2) is 12.4 Å². The number of carboxylic acid groups (broad SMARTS) is 1. The smallest absolute Gasteiger partial charge is 0.374 e. The van der Waals surface area contributed by atoms with Crippen molar-refractivity contribution in [3.05, 3.63) is 35.8 Å². The molecule has 5 aliphatic rings. The summed E-state index contributed by atoms with van der Waals surface area (Å²) in [5.41, 5.74) is -2.50. The van der Waals surface area contributed by atoms with Crippen LogP contribution >= 0.6 is 0 Å². The van der Waals surface area contributed by atoms with Crippen LogP contribution in [0.15, 0.2) is 34.5 Å². The van der Waals surface area contributed by atoms with Gasteiger partial charge in [-0.05, 0) is 67.9 Å². The zero-order valence-electron chi connectivity index (χ0n) is 24.9. The van der Waals surface area contributed by atoms with Crippen LogP contribution in [0.5, 0.6) is 0 Å². The quantitative estimate of drug-likeness (QED) is 0.249. The lowest BCUT2D eigenvalue weighted by molar-refractivity contribution is -0.306. The summed E-state index contributed by atoms with van der Waals surface area (Å²) in [4.78, 5) is 39.7. The number of methoxy groups -OCH3 is 1. The fourth-order valence-electron chi connectivity index (χ4n) is 10.0. The Kier molecular flexibility index (Phi) is 7.23. The van der Waals surface area contributed by atoms with Crippen LogP contribution in [-0.4, -0.2) is 72.9 Å². The molecular weight excluding hydrogens is 544 g/mol. The van der Waals surface area contributed by atoms with Crippen LogP contribution in [-0.2, 0) is 28.5 Å². The monoisotopic (exact) mass is 586 g/mol. The van der Waals surface area contributed by atoms with Gasteiger partial charge in [-0.2, -0.15) is 0 Å². The number of allylic oxidation sites excluding steroid dienone is 1. The van der Waals surface area contributed by atoms with Gasteiger partial charge in [-0.3, -0.25) is 4.79 Å². The maximum Gasteiger partial charge on any atom is 0.374 e. The van der Waals surface area contributed by atoms with Crippen molar-refractivity contribution in [1.82, 2.24) is 0 Å². The topological polar surface area (TPSA) is 142 Å². The second-order valence-corrected chi connectivity index (χ2v) is 13.5. The third-order valence-electron chi connectivity index (χ3n) is 11.6. The zero-order chi connectivity index (χ0) is 30.2. The van der Waals surface area contributed by atoms with E-state index < -0.39 is 58.9 Å². The summed E-state index contributed by atoms with van der Waals surface area (Å²) in [5, 5.41) is 22.6. The molecule has 3 saturated carbocycles. The molecule has 0 amide bonds. The summed E-state index contributed by atoms with van der Waals surface area (Å²) in [7, 11) is 1.44. The predicted octanol–water partition coefficient (Wildman–Crippen LogP) is 3.87. The van der Waals surface area contributed by atoms with Crippen molar-refractivity contribution in [2.75, 3.05) is 13.7 Å². The highest BCUT2D eigenvalue weighted by Crippen LogP contribution is 2.82. The molecule has 12 atom stereocenters. The van der Waals surface area contributed by atoms with Crippen LogP contribution in [0.1, 0.15) is 63.9 Å². The molecular formula is C32H42O10. The minimum absolute atomic E-state index is 0.00562. The Hall–Kier alpha value is -2.53. The van der Waals surface area contributed by atoms with E-state index in [1.54, 1.807) is 13.0 Å².